The first-order chi connectivity index (χ1) is 8.54. The Hall–Kier alpha value is -1.39. The fraction of sp³-hybridized carbons (Fsp3) is 0.286. The molecule has 2 heterocycles. The van der Waals surface area contributed by atoms with Gasteiger partial charge in [0, 0.05) is 11.9 Å². The van der Waals surface area contributed by atoms with Gasteiger partial charge >= 0.3 is 0 Å². The Labute approximate surface area is 111 Å². The Bertz CT molecular complexity index is 518. The minimum absolute atomic E-state index is 0.476. The average Bonchev–Trinajstić information content (AvgIpc) is 2.28. The van der Waals surface area contributed by atoms with Gasteiger partial charge in [0.05, 0.1) is 6.10 Å². The van der Waals surface area contributed by atoms with Gasteiger partial charge in [-0.2, -0.15) is 0 Å². The maximum absolute atomic E-state index is 9.42. The summed E-state index contributed by atoms with van der Waals surface area (Å²) in [5, 5.41) is 11.3. The highest BCUT2D eigenvalue weighted by Crippen LogP contribution is 2.26. The highest BCUT2D eigenvalue weighted by molar-refractivity contribution is 7.99. The van der Waals surface area contributed by atoms with Gasteiger partial charge in [-0.3, -0.25) is 0 Å². The van der Waals surface area contributed by atoms with Gasteiger partial charge in [-0.1, -0.05) is 17.8 Å². The van der Waals surface area contributed by atoms with Gasteiger partial charge in [0.15, 0.2) is 0 Å². The SMILES string of the molecule is Cc1cc(C)nc(Sc2ccc([C@H](C)O)cn2)c1. The summed E-state index contributed by atoms with van der Waals surface area (Å²) in [4.78, 5) is 8.78. The lowest BCUT2D eigenvalue weighted by Gasteiger charge is -2.06. The number of aryl methyl sites for hydroxylation is 2. The first-order valence-electron chi connectivity index (χ1n) is 5.82. The zero-order valence-corrected chi connectivity index (χ0v) is 11.5. The first kappa shape index (κ1) is 13.1. The lowest BCUT2D eigenvalue weighted by Crippen LogP contribution is -1.93. The minimum atomic E-state index is -0.476. The molecule has 0 aliphatic rings. The van der Waals surface area contributed by atoms with Crippen molar-refractivity contribution in [3.05, 3.63) is 47.3 Å². The molecule has 0 bridgehead atoms. The lowest BCUT2D eigenvalue weighted by atomic mass is 10.2. The molecule has 3 nitrogen and oxygen atoms in total. The molecule has 1 N–H and O–H groups in total. The van der Waals surface area contributed by atoms with E-state index in [1.165, 1.54) is 17.3 Å². The van der Waals surface area contributed by atoms with Gasteiger partial charge in [-0.25, -0.2) is 9.97 Å². The molecule has 0 aromatic carbocycles. The van der Waals surface area contributed by atoms with Crippen molar-refractivity contribution in [2.45, 2.75) is 36.9 Å². The average molecular weight is 260 g/mol. The van der Waals surface area contributed by atoms with Gasteiger partial charge in [0.2, 0.25) is 0 Å². The molecular weight excluding hydrogens is 244 g/mol. The normalized spacial score (nSPS) is 12.4. The summed E-state index contributed by atoms with van der Waals surface area (Å²) in [6.07, 6.45) is 1.23. The molecule has 0 radical (unpaired) electrons. The molecule has 0 aliphatic carbocycles. The molecule has 4 heteroatoms. The maximum atomic E-state index is 9.42. The van der Waals surface area contributed by atoms with Crippen LogP contribution >= 0.6 is 11.8 Å². The molecule has 0 amide bonds. The molecule has 0 spiro atoms. The molecule has 0 unspecified atom stereocenters. The van der Waals surface area contributed by atoms with Crippen LogP contribution in [-0.4, -0.2) is 15.1 Å². The number of aliphatic hydroxyl groups is 1. The zero-order valence-electron chi connectivity index (χ0n) is 10.7. The van der Waals surface area contributed by atoms with Crippen LogP contribution in [0.2, 0.25) is 0 Å². The van der Waals surface area contributed by atoms with Crippen LogP contribution < -0.4 is 0 Å². The Balaban J connectivity index is 2.18. The molecule has 0 saturated carbocycles. The third-order valence-corrected chi connectivity index (χ3v) is 3.39. The molecular formula is C14H16N2OS. The van der Waals surface area contributed by atoms with Crippen molar-refractivity contribution in [2.24, 2.45) is 0 Å². The number of pyridine rings is 2. The first-order valence-corrected chi connectivity index (χ1v) is 6.63. The summed E-state index contributed by atoms with van der Waals surface area (Å²) < 4.78 is 0. The monoisotopic (exact) mass is 260 g/mol. The van der Waals surface area contributed by atoms with E-state index in [-0.39, 0.29) is 0 Å². The van der Waals surface area contributed by atoms with Crippen LogP contribution in [0.5, 0.6) is 0 Å². The summed E-state index contributed by atoms with van der Waals surface area (Å²) in [7, 11) is 0. The fourth-order valence-corrected chi connectivity index (χ4v) is 2.55. The second-order valence-electron chi connectivity index (χ2n) is 4.33. The van der Waals surface area contributed by atoms with Crippen LogP contribution in [0.3, 0.4) is 0 Å². The summed E-state index contributed by atoms with van der Waals surface area (Å²) in [6, 6.07) is 7.89. The van der Waals surface area contributed by atoms with Crippen molar-refractivity contribution in [3.8, 4) is 0 Å². The van der Waals surface area contributed by atoms with E-state index in [2.05, 4.69) is 16.9 Å². The summed E-state index contributed by atoms with van der Waals surface area (Å²) in [6.45, 7) is 5.78. The van der Waals surface area contributed by atoms with Crippen LogP contribution in [0.15, 0.2) is 40.5 Å². The molecule has 0 fully saturated rings. The number of hydrogen-bond acceptors (Lipinski definition) is 4. The van der Waals surface area contributed by atoms with E-state index in [1.807, 2.05) is 31.2 Å². The zero-order chi connectivity index (χ0) is 13.1. The van der Waals surface area contributed by atoms with E-state index < -0.39 is 6.10 Å². The van der Waals surface area contributed by atoms with Crippen LogP contribution in [0.1, 0.15) is 29.8 Å². The van der Waals surface area contributed by atoms with Crippen molar-refractivity contribution >= 4 is 11.8 Å². The van der Waals surface area contributed by atoms with Crippen LogP contribution in [-0.2, 0) is 0 Å². The number of aromatic nitrogens is 2. The predicted molar refractivity (Wildman–Crippen MR) is 72.7 cm³/mol. The number of aliphatic hydroxyl groups excluding tert-OH is 1. The highest BCUT2D eigenvalue weighted by atomic mass is 32.2. The van der Waals surface area contributed by atoms with Crippen LogP contribution in [0.4, 0.5) is 0 Å². The molecule has 0 saturated heterocycles. The molecule has 1 atom stereocenters. The van der Waals surface area contributed by atoms with Gasteiger partial charge in [-0.05, 0) is 50.1 Å². The Morgan fingerprint density at radius 2 is 1.94 bits per heavy atom. The molecule has 2 rings (SSSR count). The van der Waals surface area contributed by atoms with Gasteiger partial charge in [-0.15, -0.1) is 0 Å². The van der Waals surface area contributed by atoms with Crippen molar-refractivity contribution in [3.63, 3.8) is 0 Å². The van der Waals surface area contributed by atoms with Gasteiger partial charge in [0.25, 0.3) is 0 Å². The smallest absolute Gasteiger partial charge is 0.103 e. The summed E-state index contributed by atoms with van der Waals surface area (Å²) >= 11 is 1.53. The van der Waals surface area contributed by atoms with E-state index in [9.17, 15) is 5.11 Å². The molecule has 0 aliphatic heterocycles. The van der Waals surface area contributed by atoms with Crippen molar-refractivity contribution < 1.29 is 5.11 Å². The molecule has 2 aromatic rings. The van der Waals surface area contributed by atoms with E-state index in [1.54, 1.807) is 13.1 Å². The van der Waals surface area contributed by atoms with Crippen molar-refractivity contribution in [1.82, 2.24) is 9.97 Å². The van der Waals surface area contributed by atoms with Crippen molar-refractivity contribution in [2.75, 3.05) is 0 Å². The summed E-state index contributed by atoms with van der Waals surface area (Å²) in [5.74, 6) is 0. The van der Waals surface area contributed by atoms with E-state index in [0.29, 0.717) is 0 Å². The predicted octanol–water partition coefficient (Wildman–Crippen LogP) is 3.30. The van der Waals surface area contributed by atoms with Crippen LogP contribution in [0.25, 0.3) is 0 Å². The summed E-state index contributed by atoms with van der Waals surface area (Å²) in [5.41, 5.74) is 3.04. The van der Waals surface area contributed by atoms with Gasteiger partial charge < -0.3 is 5.11 Å². The third kappa shape index (κ3) is 3.31. The topological polar surface area (TPSA) is 46.0 Å². The molecule has 94 valence electrons. The standard InChI is InChI=1S/C14H16N2OS/c1-9-6-10(2)16-14(7-9)18-13-5-4-12(8-15-13)11(3)17/h4-8,11,17H,1-3H3/t11-/m0/s1. The number of rotatable bonds is 3. The van der Waals surface area contributed by atoms with E-state index >= 15 is 0 Å². The third-order valence-electron chi connectivity index (χ3n) is 2.53. The highest BCUT2D eigenvalue weighted by Gasteiger charge is 2.04. The Morgan fingerprint density at radius 1 is 1.17 bits per heavy atom. The second-order valence-corrected chi connectivity index (χ2v) is 5.37. The Kier molecular flexibility index (Phi) is 3.99. The minimum Gasteiger partial charge on any atom is -0.389 e. The van der Waals surface area contributed by atoms with E-state index in [0.717, 1.165) is 21.3 Å². The number of hydrogen-bond donors (Lipinski definition) is 1. The molecule has 2 aromatic heterocycles. The fourth-order valence-electron chi connectivity index (χ4n) is 1.66. The molecule has 18 heavy (non-hydrogen) atoms. The Morgan fingerprint density at radius 3 is 2.50 bits per heavy atom. The van der Waals surface area contributed by atoms with E-state index in [4.69, 9.17) is 0 Å². The largest absolute Gasteiger partial charge is 0.389 e. The van der Waals surface area contributed by atoms with Crippen LogP contribution in [0, 0.1) is 13.8 Å². The van der Waals surface area contributed by atoms with Gasteiger partial charge in [0.1, 0.15) is 10.1 Å². The van der Waals surface area contributed by atoms with Crippen molar-refractivity contribution in [1.29, 1.82) is 0 Å². The second kappa shape index (κ2) is 5.50. The lowest BCUT2D eigenvalue weighted by molar-refractivity contribution is 0.198. The number of nitrogens with zero attached hydrogens (tertiary/aromatic N) is 2. The maximum Gasteiger partial charge on any atom is 0.103 e. The quantitative estimate of drug-likeness (QED) is 0.919.